The van der Waals surface area contributed by atoms with E-state index in [-0.39, 0.29) is 44.9 Å². The number of ketones is 1. The lowest BCUT2D eigenvalue weighted by Crippen LogP contribution is -2.47. The monoisotopic (exact) mass is 571 g/mol. The molecule has 1 heterocycles. The second-order valence-corrected chi connectivity index (χ2v) is 10.8. The molecule has 1 amide bonds. The first-order valence-corrected chi connectivity index (χ1v) is 13.3. The molecule has 40 heavy (non-hydrogen) atoms. The quantitative estimate of drug-likeness (QED) is 0.105. The van der Waals surface area contributed by atoms with Crippen molar-refractivity contribution < 1.29 is 58.0 Å². The number of ether oxygens (including phenoxy) is 3. The molecule has 13 nitrogen and oxygen atoms in total. The van der Waals surface area contributed by atoms with Crippen LogP contribution in [0.25, 0.3) is 0 Å². The first-order valence-electron chi connectivity index (χ1n) is 13.3. The lowest BCUT2D eigenvalue weighted by atomic mass is 9.66. The number of carboxylic acid groups (broad SMARTS) is 2. The van der Waals surface area contributed by atoms with E-state index in [1.807, 2.05) is 0 Å². The molecule has 13 heteroatoms. The smallest absolute Gasteiger partial charge is 0.313 e. The van der Waals surface area contributed by atoms with E-state index in [4.69, 9.17) is 14.2 Å². The van der Waals surface area contributed by atoms with Gasteiger partial charge in [-0.1, -0.05) is 6.92 Å². The number of rotatable bonds is 18. The van der Waals surface area contributed by atoms with Gasteiger partial charge < -0.3 is 29.3 Å². The molecule has 0 bridgehead atoms. The van der Waals surface area contributed by atoms with Gasteiger partial charge in [0.2, 0.25) is 5.91 Å². The second-order valence-electron chi connectivity index (χ2n) is 10.8. The zero-order valence-electron chi connectivity index (χ0n) is 23.9. The van der Waals surface area contributed by atoms with Crippen LogP contribution in [-0.4, -0.2) is 89.6 Å². The first-order chi connectivity index (χ1) is 18.6. The molecule has 1 fully saturated rings. The van der Waals surface area contributed by atoms with Gasteiger partial charge in [-0.2, -0.15) is 0 Å². The van der Waals surface area contributed by atoms with Gasteiger partial charge in [0.05, 0.1) is 29.2 Å². The van der Waals surface area contributed by atoms with Gasteiger partial charge in [0.15, 0.2) is 0 Å². The highest BCUT2D eigenvalue weighted by atomic mass is 16.6. The third-order valence-corrected chi connectivity index (χ3v) is 7.24. The predicted octanol–water partition coefficient (Wildman–Crippen LogP) is 1.84. The molecule has 0 radical (unpaired) electrons. The van der Waals surface area contributed by atoms with E-state index in [9.17, 15) is 43.8 Å². The predicted molar refractivity (Wildman–Crippen MR) is 138 cm³/mol. The van der Waals surface area contributed by atoms with Crippen molar-refractivity contribution in [2.24, 2.45) is 22.7 Å². The minimum Gasteiger partial charge on any atom is -0.481 e. The molecule has 0 aliphatic carbocycles. The van der Waals surface area contributed by atoms with Crippen molar-refractivity contribution in [3.63, 3.8) is 0 Å². The van der Waals surface area contributed by atoms with Crippen LogP contribution < -0.4 is 0 Å². The number of carbonyl (C=O) groups is 7. The molecule has 1 aliphatic heterocycles. The summed E-state index contributed by atoms with van der Waals surface area (Å²) in [5.41, 5.74) is -2.93. The maximum atomic E-state index is 13.0. The van der Waals surface area contributed by atoms with E-state index in [0.29, 0.717) is 13.0 Å². The van der Waals surface area contributed by atoms with Crippen LogP contribution in [-0.2, 0) is 47.8 Å². The molecule has 0 spiro atoms. The van der Waals surface area contributed by atoms with Gasteiger partial charge in [-0.25, -0.2) is 0 Å². The summed E-state index contributed by atoms with van der Waals surface area (Å²) in [7, 11) is 0. The van der Waals surface area contributed by atoms with Crippen LogP contribution in [0.5, 0.6) is 0 Å². The van der Waals surface area contributed by atoms with Gasteiger partial charge in [-0.05, 0) is 53.4 Å². The Morgan fingerprint density at radius 2 is 1.52 bits per heavy atom. The normalized spacial score (nSPS) is 16.4. The average molecular weight is 572 g/mol. The molecule has 226 valence electrons. The molecule has 0 aromatic carbocycles. The maximum Gasteiger partial charge on any atom is 0.313 e. The van der Waals surface area contributed by atoms with E-state index in [2.05, 4.69) is 0 Å². The van der Waals surface area contributed by atoms with Crippen molar-refractivity contribution in [2.45, 2.75) is 73.1 Å². The van der Waals surface area contributed by atoms with Gasteiger partial charge in [0.1, 0.15) is 32.0 Å². The van der Waals surface area contributed by atoms with Gasteiger partial charge >= 0.3 is 29.8 Å². The SMILES string of the molecule is CCC(C)(C(=O)OCCOC(=O)CC(C)=O)C(C(=O)O)C(CCC(C)(C)C(=O)OCCN1CCCC1=O)C(=O)O. The molecule has 0 aromatic rings. The molecule has 1 rings (SSSR count). The van der Waals surface area contributed by atoms with Crippen LogP contribution in [0.1, 0.15) is 73.1 Å². The van der Waals surface area contributed by atoms with Crippen LogP contribution >= 0.6 is 0 Å². The summed E-state index contributed by atoms with van der Waals surface area (Å²) in [4.78, 5) is 86.0. The average Bonchev–Trinajstić information content (AvgIpc) is 3.27. The highest BCUT2D eigenvalue weighted by molar-refractivity contribution is 5.94. The Balaban J connectivity index is 2.87. The fourth-order valence-corrected chi connectivity index (χ4v) is 4.52. The van der Waals surface area contributed by atoms with E-state index in [0.717, 1.165) is 6.42 Å². The first kappa shape index (κ1) is 34.5. The Kier molecular flexibility index (Phi) is 13.2. The zero-order chi connectivity index (χ0) is 30.7. The van der Waals surface area contributed by atoms with Gasteiger partial charge in [-0.3, -0.25) is 33.6 Å². The lowest BCUT2D eigenvalue weighted by Gasteiger charge is -2.36. The Hall–Kier alpha value is -3.51. The fourth-order valence-electron chi connectivity index (χ4n) is 4.52. The minimum absolute atomic E-state index is 0.00850. The van der Waals surface area contributed by atoms with E-state index < -0.39 is 71.3 Å². The standard InChI is InChI=1S/C27H41NO12/c1-6-27(5,25(37)40-15-14-38-20(31)16-17(2)29)21(23(34)35)18(22(32)33)9-10-26(3,4)24(36)39-13-12-28-11-7-8-19(28)30/h18,21H,6-16H2,1-5H3,(H,32,33)(H,34,35). The maximum absolute atomic E-state index is 13.0. The number of carbonyl (C=O) groups excluding carboxylic acids is 5. The Morgan fingerprint density at radius 1 is 0.925 bits per heavy atom. The third kappa shape index (κ3) is 9.91. The zero-order valence-corrected chi connectivity index (χ0v) is 23.9. The number of hydrogen-bond acceptors (Lipinski definition) is 10. The van der Waals surface area contributed by atoms with Crippen molar-refractivity contribution in [1.29, 1.82) is 0 Å². The Labute approximate surface area is 233 Å². The summed E-state index contributed by atoms with van der Waals surface area (Å²) in [6.07, 6.45) is 0.403. The summed E-state index contributed by atoms with van der Waals surface area (Å²) in [5.74, 6) is -9.02. The second kappa shape index (κ2) is 15.3. The lowest BCUT2D eigenvalue weighted by molar-refractivity contribution is -0.175. The summed E-state index contributed by atoms with van der Waals surface area (Å²) in [6, 6.07) is 0. The Bertz CT molecular complexity index is 975. The van der Waals surface area contributed by atoms with E-state index in [1.165, 1.54) is 20.8 Å². The van der Waals surface area contributed by atoms with Crippen molar-refractivity contribution >= 4 is 41.5 Å². The van der Waals surface area contributed by atoms with Crippen LogP contribution in [0, 0.1) is 22.7 Å². The molecule has 1 saturated heterocycles. The van der Waals surface area contributed by atoms with E-state index in [1.54, 1.807) is 18.7 Å². The highest BCUT2D eigenvalue weighted by Crippen LogP contribution is 2.41. The molecule has 3 atom stereocenters. The Morgan fingerprint density at radius 3 is 2.02 bits per heavy atom. The summed E-state index contributed by atoms with van der Waals surface area (Å²) < 4.78 is 15.2. The number of hydrogen-bond donors (Lipinski definition) is 2. The van der Waals surface area contributed by atoms with Gasteiger partial charge in [0, 0.05) is 13.0 Å². The minimum atomic E-state index is -1.76. The molecule has 0 saturated carbocycles. The van der Waals surface area contributed by atoms with Gasteiger partial charge in [-0.15, -0.1) is 0 Å². The van der Waals surface area contributed by atoms with Crippen LogP contribution in [0.4, 0.5) is 0 Å². The number of aliphatic carboxylic acids is 2. The van der Waals surface area contributed by atoms with Crippen molar-refractivity contribution in [3.8, 4) is 0 Å². The van der Waals surface area contributed by atoms with Crippen molar-refractivity contribution in [2.75, 3.05) is 32.9 Å². The van der Waals surface area contributed by atoms with Gasteiger partial charge in [0.25, 0.3) is 0 Å². The number of Topliss-reactive ketones (excluding diaryl/α,β-unsaturated/α-hetero) is 1. The molecule has 3 unspecified atom stereocenters. The molecular weight excluding hydrogens is 530 g/mol. The highest BCUT2D eigenvalue weighted by Gasteiger charge is 2.52. The molecule has 2 N–H and O–H groups in total. The topological polar surface area (TPSA) is 191 Å². The van der Waals surface area contributed by atoms with E-state index >= 15 is 0 Å². The van der Waals surface area contributed by atoms with Crippen molar-refractivity contribution in [3.05, 3.63) is 0 Å². The number of amides is 1. The van der Waals surface area contributed by atoms with Crippen LogP contribution in [0.3, 0.4) is 0 Å². The number of nitrogens with zero attached hydrogens (tertiary/aromatic N) is 1. The van der Waals surface area contributed by atoms with Crippen LogP contribution in [0.2, 0.25) is 0 Å². The largest absolute Gasteiger partial charge is 0.481 e. The molecule has 1 aliphatic rings. The summed E-state index contributed by atoms with van der Waals surface area (Å²) in [5, 5.41) is 20.0. The molecule has 0 aromatic heterocycles. The van der Waals surface area contributed by atoms with Crippen molar-refractivity contribution in [1.82, 2.24) is 4.90 Å². The number of esters is 3. The summed E-state index contributed by atoms with van der Waals surface area (Å²) in [6.45, 7) is 7.19. The molecular formula is C27H41NO12. The summed E-state index contributed by atoms with van der Waals surface area (Å²) >= 11 is 0. The van der Waals surface area contributed by atoms with Crippen LogP contribution in [0.15, 0.2) is 0 Å². The number of likely N-dealkylation sites (tertiary alicyclic amines) is 1. The fraction of sp³-hybridized carbons (Fsp3) is 0.741. The number of carboxylic acids is 2. The third-order valence-electron chi connectivity index (χ3n) is 7.24.